The van der Waals surface area contributed by atoms with Crippen LogP contribution >= 0.6 is 0 Å². The SMILES string of the molecule is COS(=O)(=O)c1ccc(N=Nc2cccc3cc(C)ccc23)cc1. The minimum atomic E-state index is -3.69. The van der Waals surface area contributed by atoms with E-state index in [-0.39, 0.29) is 4.90 Å². The van der Waals surface area contributed by atoms with Gasteiger partial charge in [0.25, 0.3) is 10.1 Å². The van der Waals surface area contributed by atoms with Gasteiger partial charge in [0, 0.05) is 5.39 Å². The first-order valence-electron chi connectivity index (χ1n) is 7.31. The summed E-state index contributed by atoms with van der Waals surface area (Å²) in [6, 6.07) is 18.1. The van der Waals surface area contributed by atoms with E-state index in [0.717, 1.165) is 23.6 Å². The van der Waals surface area contributed by atoms with Gasteiger partial charge in [-0.25, -0.2) is 0 Å². The molecule has 0 saturated carbocycles. The van der Waals surface area contributed by atoms with Gasteiger partial charge in [0.05, 0.1) is 23.4 Å². The highest BCUT2D eigenvalue weighted by Gasteiger charge is 2.11. The van der Waals surface area contributed by atoms with Crippen molar-refractivity contribution in [2.45, 2.75) is 11.8 Å². The first-order chi connectivity index (χ1) is 11.5. The van der Waals surface area contributed by atoms with Gasteiger partial charge in [-0.3, -0.25) is 4.18 Å². The van der Waals surface area contributed by atoms with E-state index in [1.807, 2.05) is 37.3 Å². The third-order valence-corrected chi connectivity index (χ3v) is 4.92. The second kappa shape index (κ2) is 6.51. The van der Waals surface area contributed by atoms with Gasteiger partial charge in [0.15, 0.2) is 0 Å². The molecule has 0 atom stereocenters. The molecule has 0 amide bonds. The highest BCUT2D eigenvalue weighted by atomic mass is 32.2. The Morgan fingerprint density at radius 3 is 2.38 bits per heavy atom. The molecule has 0 aliphatic carbocycles. The zero-order valence-electron chi connectivity index (χ0n) is 13.3. The van der Waals surface area contributed by atoms with Crippen LogP contribution in [-0.4, -0.2) is 15.5 Å². The molecule has 6 heteroatoms. The lowest BCUT2D eigenvalue weighted by atomic mass is 10.1. The molecule has 0 N–H and O–H groups in total. The van der Waals surface area contributed by atoms with Gasteiger partial charge in [-0.15, -0.1) is 5.11 Å². The largest absolute Gasteiger partial charge is 0.296 e. The van der Waals surface area contributed by atoms with Crippen LogP contribution in [0.1, 0.15) is 5.56 Å². The maximum absolute atomic E-state index is 11.6. The number of hydrogen-bond donors (Lipinski definition) is 0. The minimum absolute atomic E-state index is 0.0876. The molecule has 3 rings (SSSR count). The zero-order valence-corrected chi connectivity index (χ0v) is 14.1. The van der Waals surface area contributed by atoms with Gasteiger partial charge in [-0.2, -0.15) is 13.5 Å². The van der Waals surface area contributed by atoms with Crippen LogP contribution in [0.25, 0.3) is 10.8 Å². The van der Waals surface area contributed by atoms with Gasteiger partial charge in [0.1, 0.15) is 0 Å². The quantitative estimate of drug-likeness (QED) is 0.501. The van der Waals surface area contributed by atoms with Crippen LogP contribution in [0.2, 0.25) is 0 Å². The number of aryl methyl sites for hydroxylation is 1. The first kappa shape index (κ1) is 16.3. The average Bonchev–Trinajstić information content (AvgIpc) is 2.60. The molecule has 3 aromatic rings. The van der Waals surface area contributed by atoms with E-state index in [2.05, 4.69) is 20.5 Å². The molecule has 0 spiro atoms. The highest BCUT2D eigenvalue weighted by molar-refractivity contribution is 7.86. The maximum atomic E-state index is 11.6. The molecule has 0 aromatic heterocycles. The number of azo groups is 1. The molecule has 5 nitrogen and oxygen atoms in total. The molecule has 0 radical (unpaired) electrons. The van der Waals surface area contributed by atoms with E-state index in [9.17, 15) is 8.42 Å². The molecule has 0 aliphatic rings. The minimum Gasteiger partial charge on any atom is -0.270 e. The molecule has 0 fully saturated rings. The van der Waals surface area contributed by atoms with E-state index in [4.69, 9.17) is 0 Å². The first-order valence-corrected chi connectivity index (χ1v) is 8.72. The average molecular weight is 340 g/mol. The highest BCUT2D eigenvalue weighted by Crippen LogP contribution is 2.28. The Labute approximate surface area is 140 Å². The lowest BCUT2D eigenvalue weighted by Gasteiger charge is -2.03. The zero-order chi connectivity index (χ0) is 17.2. The van der Waals surface area contributed by atoms with Gasteiger partial charge in [-0.05, 0) is 42.6 Å². The molecular weight excluding hydrogens is 324 g/mol. The summed E-state index contributed by atoms with van der Waals surface area (Å²) in [6.07, 6.45) is 0. The predicted octanol–water partition coefficient (Wildman–Crippen LogP) is 4.90. The van der Waals surface area contributed by atoms with Crippen molar-refractivity contribution in [2.75, 3.05) is 7.11 Å². The van der Waals surface area contributed by atoms with E-state index in [0.29, 0.717) is 5.69 Å². The van der Waals surface area contributed by atoms with Crippen LogP contribution in [0.15, 0.2) is 75.8 Å². The van der Waals surface area contributed by atoms with Crippen molar-refractivity contribution in [3.05, 3.63) is 66.2 Å². The fraction of sp³-hybridized carbons (Fsp3) is 0.111. The molecule has 0 bridgehead atoms. The van der Waals surface area contributed by atoms with Crippen molar-refractivity contribution >= 4 is 32.3 Å². The number of hydrogen-bond acceptors (Lipinski definition) is 5. The van der Waals surface area contributed by atoms with Crippen LogP contribution < -0.4 is 0 Å². The van der Waals surface area contributed by atoms with Crippen molar-refractivity contribution < 1.29 is 12.6 Å². The fourth-order valence-corrected chi connectivity index (χ4v) is 3.02. The molecular formula is C18H16N2O3S. The lowest BCUT2D eigenvalue weighted by Crippen LogP contribution is -2.01. The fourth-order valence-electron chi connectivity index (χ4n) is 2.36. The third-order valence-electron chi connectivity index (χ3n) is 3.63. The molecule has 24 heavy (non-hydrogen) atoms. The van der Waals surface area contributed by atoms with Gasteiger partial charge in [0.2, 0.25) is 0 Å². The summed E-state index contributed by atoms with van der Waals surface area (Å²) in [4.78, 5) is 0.0876. The summed E-state index contributed by atoms with van der Waals surface area (Å²) < 4.78 is 27.6. The Kier molecular flexibility index (Phi) is 4.42. The van der Waals surface area contributed by atoms with E-state index in [1.165, 1.54) is 17.7 Å². The molecule has 3 aromatic carbocycles. The van der Waals surface area contributed by atoms with E-state index in [1.54, 1.807) is 12.1 Å². The maximum Gasteiger partial charge on any atom is 0.296 e. The van der Waals surface area contributed by atoms with Crippen LogP contribution in [0, 0.1) is 6.92 Å². The van der Waals surface area contributed by atoms with Gasteiger partial charge >= 0.3 is 0 Å². The molecule has 0 saturated heterocycles. The topological polar surface area (TPSA) is 68.1 Å². The second-order valence-electron chi connectivity index (χ2n) is 5.32. The summed E-state index contributed by atoms with van der Waals surface area (Å²) in [6.45, 7) is 2.04. The smallest absolute Gasteiger partial charge is 0.270 e. The predicted molar refractivity (Wildman–Crippen MR) is 93.5 cm³/mol. The summed E-state index contributed by atoms with van der Waals surface area (Å²) in [7, 11) is -2.56. The summed E-state index contributed by atoms with van der Waals surface area (Å²) >= 11 is 0. The van der Waals surface area contributed by atoms with Crippen molar-refractivity contribution in [3.63, 3.8) is 0 Å². The molecule has 0 heterocycles. The van der Waals surface area contributed by atoms with E-state index < -0.39 is 10.1 Å². The van der Waals surface area contributed by atoms with Gasteiger partial charge in [-0.1, -0.05) is 35.9 Å². The second-order valence-corrected chi connectivity index (χ2v) is 7.03. The Bertz CT molecular complexity index is 1010. The van der Waals surface area contributed by atoms with Crippen LogP contribution in [0.5, 0.6) is 0 Å². The summed E-state index contributed by atoms with van der Waals surface area (Å²) in [5.74, 6) is 0. The van der Waals surface area contributed by atoms with Gasteiger partial charge < -0.3 is 0 Å². The number of benzene rings is 3. The van der Waals surface area contributed by atoms with Crippen LogP contribution in [0.4, 0.5) is 11.4 Å². The number of nitrogens with zero attached hydrogens (tertiary/aromatic N) is 2. The van der Waals surface area contributed by atoms with Crippen LogP contribution in [0.3, 0.4) is 0 Å². The van der Waals surface area contributed by atoms with Crippen molar-refractivity contribution in [3.8, 4) is 0 Å². The normalized spacial score (nSPS) is 12.1. The van der Waals surface area contributed by atoms with Crippen LogP contribution in [-0.2, 0) is 14.3 Å². The Hall–Kier alpha value is -2.57. The molecule has 0 unspecified atom stereocenters. The third kappa shape index (κ3) is 3.34. The Morgan fingerprint density at radius 2 is 1.67 bits per heavy atom. The number of rotatable bonds is 4. The van der Waals surface area contributed by atoms with Crippen molar-refractivity contribution in [1.29, 1.82) is 0 Å². The summed E-state index contributed by atoms with van der Waals surface area (Å²) in [5.41, 5.74) is 2.52. The number of fused-ring (bicyclic) bond motifs is 1. The van der Waals surface area contributed by atoms with Crippen molar-refractivity contribution in [2.24, 2.45) is 10.2 Å². The lowest BCUT2D eigenvalue weighted by molar-refractivity contribution is 0.398. The van der Waals surface area contributed by atoms with Crippen molar-refractivity contribution in [1.82, 2.24) is 0 Å². The standard InChI is InChI=1S/C18H16N2O3S/c1-13-6-11-17-14(12-13)4-3-5-18(17)20-19-15-7-9-16(10-8-15)24(21,22)23-2/h3-12H,1-2H3. The molecule has 122 valence electrons. The monoisotopic (exact) mass is 340 g/mol. The Morgan fingerprint density at radius 1 is 0.917 bits per heavy atom. The summed E-state index contributed by atoms with van der Waals surface area (Å²) in [5, 5.41) is 10.6. The Balaban J connectivity index is 1.92. The van der Waals surface area contributed by atoms with E-state index >= 15 is 0 Å². The molecule has 0 aliphatic heterocycles.